The number of anilines is 1. The molecule has 1 aromatic heterocycles. The van der Waals surface area contributed by atoms with Crippen molar-refractivity contribution in [3.8, 4) is 5.69 Å². The van der Waals surface area contributed by atoms with Gasteiger partial charge in [0.2, 0.25) is 11.8 Å². The minimum Gasteiger partial charge on any atom is -0.355 e. The number of hydrogen-bond acceptors (Lipinski definition) is 3. The molecule has 1 aromatic carbocycles. The number of hydrogen-bond donors (Lipinski definition) is 2. The monoisotopic (exact) mass is 352 g/mol. The van der Waals surface area contributed by atoms with Gasteiger partial charge in [0, 0.05) is 30.6 Å². The highest BCUT2D eigenvalue weighted by Crippen LogP contribution is 2.35. The van der Waals surface area contributed by atoms with Gasteiger partial charge in [0.25, 0.3) is 0 Å². The van der Waals surface area contributed by atoms with Gasteiger partial charge >= 0.3 is 0 Å². The maximum absolute atomic E-state index is 12.4. The van der Waals surface area contributed by atoms with Gasteiger partial charge in [-0.2, -0.15) is 0 Å². The van der Waals surface area contributed by atoms with E-state index in [4.69, 9.17) is 0 Å². The molecule has 4 rings (SSSR count). The van der Waals surface area contributed by atoms with Gasteiger partial charge in [-0.15, -0.1) is 5.10 Å². The van der Waals surface area contributed by atoms with Gasteiger partial charge in [0.05, 0.1) is 11.6 Å². The lowest BCUT2D eigenvalue weighted by atomic mass is 9.87. The SMILES string of the molecule is O=C1C[C@@H](C(=O)Nc2cc(C3CCCCC3)n(-c3ccccc3)n2)CN1. The highest BCUT2D eigenvalue weighted by Gasteiger charge is 2.29. The molecule has 1 saturated carbocycles. The second-order valence-electron chi connectivity index (χ2n) is 7.23. The summed E-state index contributed by atoms with van der Waals surface area (Å²) in [4.78, 5) is 23.8. The topological polar surface area (TPSA) is 76.0 Å². The molecule has 2 N–H and O–H groups in total. The van der Waals surface area contributed by atoms with Crippen LogP contribution >= 0.6 is 0 Å². The summed E-state index contributed by atoms with van der Waals surface area (Å²) < 4.78 is 1.96. The minimum atomic E-state index is -0.317. The number of para-hydroxylation sites is 1. The van der Waals surface area contributed by atoms with Crippen LogP contribution in [0.4, 0.5) is 5.82 Å². The number of aromatic nitrogens is 2. The molecule has 136 valence electrons. The van der Waals surface area contributed by atoms with Crippen LogP contribution in [-0.2, 0) is 9.59 Å². The molecule has 2 fully saturated rings. The minimum absolute atomic E-state index is 0.0668. The number of amides is 2. The van der Waals surface area contributed by atoms with E-state index < -0.39 is 0 Å². The summed E-state index contributed by atoms with van der Waals surface area (Å²) in [5.74, 6) is 0.511. The molecule has 6 heteroatoms. The number of benzene rings is 1. The number of carbonyl (C=O) groups is 2. The van der Waals surface area contributed by atoms with Gasteiger partial charge in [-0.3, -0.25) is 9.59 Å². The predicted octanol–water partition coefficient (Wildman–Crippen LogP) is 2.99. The van der Waals surface area contributed by atoms with E-state index in [9.17, 15) is 9.59 Å². The van der Waals surface area contributed by atoms with Crippen molar-refractivity contribution in [3.05, 3.63) is 42.1 Å². The highest BCUT2D eigenvalue weighted by molar-refractivity contribution is 5.96. The Bertz CT molecular complexity index is 793. The smallest absolute Gasteiger partial charge is 0.230 e. The summed E-state index contributed by atoms with van der Waals surface area (Å²) in [6, 6.07) is 12.0. The number of nitrogens with one attached hydrogen (secondary N) is 2. The lowest BCUT2D eigenvalue weighted by Crippen LogP contribution is -2.24. The van der Waals surface area contributed by atoms with Crippen molar-refractivity contribution >= 4 is 17.6 Å². The van der Waals surface area contributed by atoms with Crippen LogP contribution in [0.25, 0.3) is 5.69 Å². The first-order valence-corrected chi connectivity index (χ1v) is 9.43. The van der Waals surface area contributed by atoms with Crippen LogP contribution in [0.1, 0.15) is 50.1 Å². The quantitative estimate of drug-likeness (QED) is 0.888. The molecule has 2 aliphatic rings. The zero-order chi connectivity index (χ0) is 17.9. The van der Waals surface area contributed by atoms with Crippen LogP contribution in [0.3, 0.4) is 0 Å². The molecule has 2 aromatic rings. The summed E-state index contributed by atoms with van der Waals surface area (Å²) in [6.45, 7) is 0.402. The third-order valence-electron chi connectivity index (χ3n) is 5.36. The van der Waals surface area contributed by atoms with E-state index in [1.165, 1.54) is 19.3 Å². The Hall–Kier alpha value is -2.63. The van der Waals surface area contributed by atoms with E-state index in [0.29, 0.717) is 18.3 Å². The van der Waals surface area contributed by atoms with E-state index in [1.54, 1.807) is 0 Å². The predicted molar refractivity (Wildman–Crippen MR) is 99.1 cm³/mol. The van der Waals surface area contributed by atoms with Crippen LogP contribution in [0.15, 0.2) is 36.4 Å². The fraction of sp³-hybridized carbons (Fsp3) is 0.450. The zero-order valence-corrected chi connectivity index (χ0v) is 14.8. The first-order valence-electron chi connectivity index (χ1n) is 9.43. The molecule has 0 spiro atoms. The van der Waals surface area contributed by atoms with Gasteiger partial charge in [0.1, 0.15) is 0 Å². The van der Waals surface area contributed by atoms with Gasteiger partial charge in [-0.1, -0.05) is 37.5 Å². The average molecular weight is 352 g/mol. The first-order chi connectivity index (χ1) is 12.7. The Kier molecular flexibility index (Phi) is 4.73. The Labute approximate surface area is 153 Å². The van der Waals surface area contributed by atoms with Gasteiger partial charge in [0.15, 0.2) is 5.82 Å². The van der Waals surface area contributed by atoms with Crippen molar-refractivity contribution in [3.63, 3.8) is 0 Å². The highest BCUT2D eigenvalue weighted by atomic mass is 16.2. The molecule has 26 heavy (non-hydrogen) atoms. The summed E-state index contributed by atoms with van der Waals surface area (Å²) in [5, 5.41) is 10.3. The molecule has 0 unspecified atom stereocenters. The second kappa shape index (κ2) is 7.32. The van der Waals surface area contributed by atoms with Crippen LogP contribution in [-0.4, -0.2) is 28.1 Å². The van der Waals surface area contributed by atoms with E-state index in [1.807, 2.05) is 41.1 Å². The van der Waals surface area contributed by atoms with Crippen molar-refractivity contribution in [2.24, 2.45) is 5.92 Å². The summed E-state index contributed by atoms with van der Waals surface area (Å²) >= 11 is 0. The molecule has 1 atom stereocenters. The maximum atomic E-state index is 12.4. The Morgan fingerprint density at radius 2 is 1.92 bits per heavy atom. The summed E-state index contributed by atoms with van der Waals surface area (Å²) in [5.41, 5.74) is 2.16. The van der Waals surface area contributed by atoms with Gasteiger partial charge in [-0.25, -0.2) is 4.68 Å². The normalized spacial score (nSPS) is 20.8. The molecule has 2 heterocycles. The van der Waals surface area contributed by atoms with E-state index in [-0.39, 0.29) is 24.2 Å². The molecule has 6 nitrogen and oxygen atoms in total. The molecular formula is C20H24N4O2. The standard InChI is InChI=1S/C20H24N4O2/c25-19-11-15(13-21-19)20(26)22-18-12-17(14-7-3-1-4-8-14)24(23-18)16-9-5-2-6-10-16/h2,5-6,9-10,12,14-15H,1,3-4,7-8,11,13H2,(H,21,25)(H,22,23,26)/t15-/m1/s1. The van der Waals surface area contributed by atoms with E-state index in [2.05, 4.69) is 15.7 Å². The largest absolute Gasteiger partial charge is 0.355 e. The fourth-order valence-corrected chi connectivity index (χ4v) is 3.94. The third kappa shape index (κ3) is 3.49. The van der Waals surface area contributed by atoms with Crippen LogP contribution < -0.4 is 10.6 Å². The fourth-order valence-electron chi connectivity index (χ4n) is 3.94. The number of nitrogens with zero attached hydrogens (tertiary/aromatic N) is 2. The molecule has 0 bridgehead atoms. The van der Waals surface area contributed by atoms with Crippen LogP contribution in [0, 0.1) is 5.92 Å². The molecule has 1 aliphatic carbocycles. The zero-order valence-electron chi connectivity index (χ0n) is 14.8. The van der Waals surface area contributed by atoms with Gasteiger partial charge in [-0.05, 0) is 25.0 Å². The Morgan fingerprint density at radius 1 is 1.15 bits per heavy atom. The average Bonchev–Trinajstić information content (AvgIpc) is 3.30. The second-order valence-corrected chi connectivity index (χ2v) is 7.23. The lowest BCUT2D eigenvalue weighted by molar-refractivity contribution is -0.123. The first kappa shape index (κ1) is 16.8. The molecule has 1 saturated heterocycles. The van der Waals surface area contributed by atoms with Crippen molar-refractivity contribution in [1.29, 1.82) is 0 Å². The number of rotatable bonds is 4. The van der Waals surface area contributed by atoms with Crippen molar-refractivity contribution in [2.75, 3.05) is 11.9 Å². The van der Waals surface area contributed by atoms with Gasteiger partial charge < -0.3 is 10.6 Å². The lowest BCUT2D eigenvalue weighted by Gasteiger charge is -2.22. The molecule has 2 amide bonds. The summed E-state index contributed by atoms with van der Waals surface area (Å²) in [7, 11) is 0. The molecular weight excluding hydrogens is 328 g/mol. The maximum Gasteiger partial charge on any atom is 0.230 e. The van der Waals surface area contributed by atoms with Crippen molar-refractivity contribution in [2.45, 2.75) is 44.4 Å². The van der Waals surface area contributed by atoms with Crippen molar-refractivity contribution < 1.29 is 9.59 Å². The van der Waals surface area contributed by atoms with E-state index >= 15 is 0 Å². The third-order valence-corrected chi connectivity index (χ3v) is 5.36. The Morgan fingerprint density at radius 3 is 2.62 bits per heavy atom. The molecule has 1 aliphatic heterocycles. The van der Waals surface area contributed by atoms with Crippen molar-refractivity contribution in [1.82, 2.24) is 15.1 Å². The summed E-state index contributed by atoms with van der Waals surface area (Å²) in [6.07, 6.45) is 6.34. The molecule has 0 radical (unpaired) electrons. The Balaban J connectivity index is 1.60. The number of carbonyl (C=O) groups excluding carboxylic acids is 2. The van der Waals surface area contributed by atoms with Crippen LogP contribution in [0.2, 0.25) is 0 Å². The van der Waals surface area contributed by atoms with E-state index in [0.717, 1.165) is 24.2 Å². The van der Waals surface area contributed by atoms with Crippen LogP contribution in [0.5, 0.6) is 0 Å².